The van der Waals surface area contributed by atoms with E-state index in [-0.39, 0.29) is 30.1 Å². The van der Waals surface area contributed by atoms with Gasteiger partial charge in [-0.1, -0.05) is 13.8 Å². The molecule has 1 N–H and O–H groups in total. The van der Waals surface area contributed by atoms with Crippen LogP contribution in [-0.4, -0.2) is 53.5 Å². The second-order valence-corrected chi connectivity index (χ2v) is 8.98. The number of aromatic nitrogens is 4. The van der Waals surface area contributed by atoms with Gasteiger partial charge in [0.15, 0.2) is 0 Å². The Morgan fingerprint density at radius 2 is 1.97 bits per heavy atom. The summed E-state index contributed by atoms with van der Waals surface area (Å²) in [6.07, 6.45) is 4.96. The number of hydrogen-bond acceptors (Lipinski definition) is 6. The highest BCUT2D eigenvalue weighted by atomic mass is 16.7. The zero-order valence-electron chi connectivity index (χ0n) is 18.6. The van der Waals surface area contributed by atoms with Gasteiger partial charge in [0.05, 0.1) is 17.4 Å². The number of rotatable bonds is 5. The molecule has 10 nitrogen and oxygen atoms in total. The number of carbonyl (C=O) groups excluding carboxylic acids is 1. The maximum atomic E-state index is 13.5. The van der Waals surface area contributed by atoms with Crippen LogP contribution in [0, 0.1) is 5.92 Å². The average Bonchev–Trinajstić information content (AvgIpc) is 3.29. The van der Waals surface area contributed by atoms with Crippen molar-refractivity contribution >= 4 is 16.8 Å². The fraction of sp³-hybridized carbons (Fsp3) is 0.455. The molecule has 0 aliphatic carbocycles. The van der Waals surface area contributed by atoms with Crippen molar-refractivity contribution < 1.29 is 14.7 Å². The van der Waals surface area contributed by atoms with Crippen LogP contribution >= 0.6 is 0 Å². The van der Waals surface area contributed by atoms with Crippen molar-refractivity contribution in [2.24, 2.45) is 13.0 Å². The van der Waals surface area contributed by atoms with E-state index in [4.69, 9.17) is 4.84 Å². The fourth-order valence-electron chi connectivity index (χ4n) is 3.94. The van der Waals surface area contributed by atoms with E-state index in [0.29, 0.717) is 18.6 Å². The first-order valence-electron chi connectivity index (χ1n) is 10.5. The van der Waals surface area contributed by atoms with E-state index in [2.05, 4.69) is 4.98 Å². The Morgan fingerprint density at radius 3 is 2.56 bits per heavy atom. The molecule has 1 amide bonds. The molecule has 4 heterocycles. The Hall–Kier alpha value is -3.24. The highest BCUT2D eigenvalue weighted by Crippen LogP contribution is 2.25. The predicted molar refractivity (Wildman–Crippen MR) is 117 cm³/mol. The third-order valence-corrected chi connectivity index (χ3v) is 5.48. The van der Waals surface area contributed by atoms with E-state index in [1.165, 1.54) is 11.6 Å². The SMILES string of the molecule is CC(C)Cn1c(=O)n(C)c(=O)c2c(C(=O)N3C[C@](C)(O)CO3)n(Cc3ccncc3)cc21. The molecule has 1 aliphatic heterocycles. The van der Waals surface area contributed by atoms with Gasteiger partial charge >= 0.3 is 5.69 Å². The number of hydrogen-bond donors (Lipinski definition) is 1. The molecule has 3 aromatic rings. The largest absolute Gasteiger partial charge is 0.386 e. The molecule has 0 bridgehead atoms. The van der Waals surface area contributed by atoms with Crippen LogP contribution in [-0.2, 0) is 25.0 Å². The minimum atomic E-state index is -1.18. The highest BCUT2D eigenvalue weighted by Gasteiger charge is 2.38. The Kier molecular flexibility index (Phi) is 5.51. The molecule has 170 valence electrons. The fourth-order valence-corrected chi connectivity index (χ4v) is 3.94. The molecular weight excluding hydrogens is 414 g/mol. The molecule has 0 aromatic carbocycles. The van der Waals surface area contributed by atoms with Gasteiger partial charge in [-0.25, -0.2) is 9.86 Å². The van der Waals surface area contributed by atoms with Crippen LogP contribution in [0.2, 0.25) is 0 Å². The number of pyridine rings is 1. The quantitative estimate of drug-likeness (QED) is 0.625. The standard InChI is InChI=1S/C22H27N5O5/c1-14(2)9-26-16-11-25(10-15-5-7-23-8-6-15)18(17(16)19(28)24(4)21(26)30)20(29)27-12-22(3,31)13-32-27/h5-8,11,14,31H,9-10,12-13H2,1-4H3/t22-/m0/s1. The summed E-state index contributed by atoms with van der Waals surface area (Å²) in [6, 6.07) is 3.63. The van der Waals surface area contributed by atoms with Gasteiger partial charge in [-0.2, -0.15) is 0 Å². The van der Waals surface area contributed by atoms with Crippen LogP contribution in [0.5, 0.6) is 0 Å². The molecule has 1 aliphatic rings. The lowest BCUT2D eigenvalue weighted by Crippen LogP contribution is -2.40. The number of fused-ring (bicyclic) bond motifs is 1. The maximum absolute atomic E-state index is 13.5. The first-order chi connectivity index (χ1) is 15.1. The van der Waals surface area contributed by atoms with Crippen molar-refractivity contribution in [2.45, 2.75) is 39.5 Å². The first kappa shape index (κ1) is 22.0. The average molecular weight is 441 g/mol. The molecule has 10 heteroatoms. The highest BCUT2D eigenvalue weighted by molar-refractivity contribution is 6.05. The minimum Gasteiger partial charge on any atom is -0.386 e. The second kappa shape index (κ2) is 8.03. The van der Waals surface area contributed by atoms with Gasteiger partial charge in [0.1, 0.15) is 17.9 Å². The predicted octanol–water partition coefficient (Wildman–Crippen LogP) is 0.739. The topological polar surface area (TPSA) is 112 Å². The second-order valence-electron chi connectivity index (χ2n) is 8.98. The number of aliphatic hydroxyl groups is 1. The van der Waals surface area contributed by atoms with Crippen molar-refractivity contribution in [1.82, 2.24) is 23.7 Å². The molecule has 1 fully saturated rings. The van der Waals surface area contributed by atoms with Crippen LogP contribution in [0.4, 0.5) is 0 Å². The Balaban J connectivity index is 1.97. The molecule has 0 spiro atoms. The van der Waals surface area contributed by atoms with Crippen molar-refractivity contribution in [1.29, 1.82) is 0 Å². The minimum absolute atomic E-state index is 0.0281. The molecule has 32 heavy (non-hydrogen) atoms. The third kappa shape index (κ3) is 3.87. The Morgan fingerprint density at radius 1 is 1.28 bits per heavy atom. The Bertz CT molecular complexity index is 1290. The van der Waals surface area contributed by atoms with E-state index in [0.717, 1.165) is 15.2 Å². The summed E-state index contributed by atoms with van der Waals surface area (Å²) >= 11 is 0. The van der Waals surface area contributed by atoms with E-state index in [9.17, 15) is 19.5 Å². The maximum Gasteiger partial charge on any atom is 0.331 e. The smallest absolute Gasteiger partial charge is 0.331 e. The van der Waals surface area contributed by atoms with Crippen molar-refractivity contribution in [3.8, 4) is 0 Å². The summed E-state index contributed by atoms with van der Waals surface area (Å²) < 4.78 is 4.22. The number of carbonyl (C=O) groups is 1. The lowest BCUT2D eigenvalue weighted by Gasteiger charge is -2.17. The molecule has 0 unspecified atom stereocenters. The van der Waals surface area contributed by atoms with E-state index < -0.39 is 22.8 Å². The molecule has 1 saturated heterocycles. The molecule has 0 radical (unpaired) electrons. The summed E-state index contributed by atoms with van der Waals surface area (Å²) in [6.45, 7) is 6.16. The first-order valence-corrected chi connectivity index (χ1v) is 10.5. The molecule has 0 saturated carbocycles. The lowest BCUT2D eigenvalue weighted by atomic mass is 10.1. The van der Waals surface area contributed by atoms with Gasteiger partial charge in [-0.3, -0.25) is 28.5 Å². The van der Waals surface area contributed by atoms with Gasteiger partial charge in [0.25, 0.3) is 11.5 Å². The van der Waals surface area contributed by atoms with Crippen LogP contribution in [0.3, 0.4) is 0 Å². The van der Waals surface area contributed by atoms with Crippen LogP contribution in [0.25, 0.3) is 10.9 Å². The van der Waals surface area contributed by atoms with Gasteiger partial charge in [-0.15, -0.1) is 0 Å². The third-order valence-electron chi connectivity index (χ3n) is 5.48. The monoisotopic (exact) mass is 441 g/mol. The van der Waals surface area contributed by atoms with E-state index in [1.807, 2.05) is 26.0 Å². The van der Waals surface area contributed by atoms with E-state index in [1.54, 1.807) is 30.1 Å². The van der Waals surface area contributed by atoms with E-state index >= 15 is 0 Å². The number of β-amino-alcohol motifs (C(OH)–C–C–N with tert-alkyl or cyclic N) is 1. The zero-order valence-corrected chi connectivity index (χ0v) is 18.6. The normalized spacial score (nSPS) is 18.8. The lowest BCUT2D eigenvalue weighted by molar-refractivity contribution is -0.0801. The van der Waals surface area contributed by atoms with Crippen molar-refractivity contribution in [3.63, 3.8) is 0 Å². The summed E-state index contributed by atoms with van der Waals surface area (Å²) in [4.78, 5) is 49.0. The van der Waals surface area contributed by atoms with Crippen LogP contribution in [0.15, 0.2) is 40.3 Å². The number of amides is 1. The number of nitrogens with zero attached hydrogens (tertiary/aromatic N) is 5. The summed E-state index contributed by atoms with van der Waals surface area (Å²) in [7, 11) is 1.41. The number of hydroxylamine groups is 2. The zero-order chi connectivity index (χ0) is 23.2. The van der Waals surface area contributed by atoms with Crippen LogP contribution in [0.1, 0.15) is 36.8 Å². The summed E-state index contributed by atoms with van der Waals surface area (Å²) in [5.74, 6) is -0.396. The summed E-state index contributed by atoms with van der Waals surface area (Å²) in [5.41, 5.74) is -0.774. The van der Waals surface area contributed by atoms with Gasteiger partial charge < -0.3 is 9.67 Å². The van der Waals surface area contributed by atoms with Gasteiger partial charge in [0.2, 0.25) is 0 Å². The molecular formula is C22H27N5O5. The van der Waals surface area contributed by atoms with Gasteiger partial charge in [0, 0.05) is 38.7 Å². The summed E-state index contributed by atoms with van der Waals surface area (Å²) in [5, 5.41) is 11.5. The molecule has 3 aromatic heterocycles. The van der Waals surface area contributed by atoms with Gasteiger partial charge in [-0.05, 0) is 30.5 Å². The Labute approximate surface area is 184 Å². The van der Waals surface area contributed by atoms with Crippen molar-refractivity contribution in [3.05, 3.63) is 62.8 Å². The molecule has 4 rings (SSSR count). The van der Waals surface area contributed by atoms with Crippen LogP contribution < -0.4 is 11.2 Å². The van der Waals surface area contributed by atoms with Crippen molar-refractivity contribution in [2.75, 3.05) is 13.2 Å². The molecule has 1 atom stereocenters.